The number of methoxy groups -OCH3 is 2. The lowest BCUT2D eigenvalue weighted by atomic mass is 9.93. The summed E-state index contributed by atoms with van der Waals surface area (Å²) in [5.41, 5.74) is 2.23. The van der Waals surface area contributed by atoms with E-state index in [4.69, 9.17) is 9.47 Å². The second kappa shape index (κ2) is 10.4. The average Bonchev–Trinajstić information content (AvgIpc) is 2.60. The van der Waals surface area contributed by atoms with Gasteiger partial charge < -0.3 is 14.6 Å². The third-order valence-electron chi connectivity index (χ3n) is 4.74. The summed E-state index contributed by atoms with van der Waals surface area (Å²) < 4.78 is 10.6. The number of benzene rings is 1. The van der Waals surface area contributed by atoms with E-state index in [9.17, 15) is 5.11 Å². The van der Waals surface area contributed by atoms with Gasteiger partial charge in [-0.25, -0.2) is 0 Å². The smallest absolute Gasteiger partial charge is 0.160 e. The van der Waals surface area contributed by atoms with Crippen LogP contribution in [0.2, 0.25) is 0 Å². The fourth-order valence-corrected chi connectivity index (χ4v) is 2.78. The van der Waals surface area contributed by atoms with Gasteiger partial charge >= 0.3 is 0 Å². The Bertz CT molecular complexity index is 518. The van der Waals surface area contributed by atoms with Crippen LogP contribution in [0.5, 0.6) is 11.5 Å². The van der Waals surface area contributed by atoms with E-state index in [1.165, 1.54) is 11.1 Å². The van der Waals surface area contributed by atoms with Gasteiger partial charge in [-0.15, -0.1) is 0 Å². The van der Waals surface area contributed by atoms with Crippen molar-refractivity contribution >= 4 is 0 Å². The normalized spacial score (nSPS) is 14.3. The van der Waals surface area contributed by atoms with E-state index in [0.717, 1.165) is 56.4 Å². The lowest BCUT2D eigenvalue weighted by molar-refractivity contribution is 0.0450. The van der Waals surface area contributed by atoms with Crippen LogP contribution in [0.1, 0.15) is 64.9 Å². The fourth-order valence-electron chi connectivity index (χ4n) is 2.78. The van der Waals surface area contributed by atoms with Crippen molar-refractivity contribution in [3.8, 4) is 11.5 Å². The molecule has 1 N–H and O–H groups in total. The van der Waals surface area contributed by atoms with Crippen molar-refractivity contribution in [1.82, 2.24) is 0 Å². The molecule has 0 saturated carbocycles. The molecule has 1 aromatic rings. The van der Waals surface area contributed by atoms with E-state index >= 15 is 0 Å². The summed E-state index contributed by atoms with van der Waals surface area (Å²) in [6.07, 6.45) is 9.29. The zero-order valence-electron chi connectivity index (χ0n) is 16.0. The highest BCUT2D eigenvalue weighted by Gasteiger charge is 2.16. The molecule has 0 aliphatic carbocycles. The van der Waals surface area contributed by atoms with Gasteiger partial charge in [-0.1, -0.05) is 31.6 Å². The Morgan fingerprint density at radius 2 is 1.88 bits per heavy atom. The molecule has 0 spiro atoms. The van der Waals surface area contributed by atoms with Crippen LogP contribution in [0.15, 0.2) is 29.8 Å². The van der Waals surface area contributed by atoms with E-state index < -0.39 is 5.60 Å². The summed E-state index contributed by atoms with van der Waals surface area (Å²) >= 11 is 0. The molecule has 0 radical (unpaired) electrons. The molecule has 1 aromatic carbocycles. The van der Waals surface area contributed by atoms with Gasteiger partial charge in [-0.05, 0) is 69.6 Å². The lowest BCUT2D eigenvalue weighted by Gasteiger charge is -2.21. The number of hydrogen-bond donors (Lipinski definition) is 1. The van der Waals surface area contributed by atoms with Gasteiger partial charge in [0.15, 0.2) is 11.5 Å². The number of ether oxygens (including phenoxy) is 2. The zero-order chi connectivity index (χ0) is 18.0. The second-order valence-electron chi connectivity index (χ2n) is 6.65. The van der Waals surface area contributed by atoms with Crippen LogP contribution in [0.3, 0.4) is 0 Å². The van der Waals surface area contributed by atoms with Gasteiger partial charge in [0.05, 0.1) is 19.8 Å². The molecule has 0 heterocycles. The largest absolute Gasteiger partial charge is 0.493 e. The number of rotatable bonds is 11. The van der Waals surface area contributed by atoms with Gasteiger partial charge in [0.25, 0.3) is 0 Å². The number of hydrogen-bond acceptors (Lipinski definition) is 3. The van der Waals surface area contributed by atoms with E-state index in [1.807, 2.05) is 19.9 Å². The van der Waals surface area contributed by atoms with Crippen molar-refractivity contribution in [1.29, 1.82) is 0 Å². The Kier molecular flexibility index (Phi) is 8.91. The van der Waals surface area contributed by atoms with Crippen molar-refractivity contribution in [2.45, 2.75) is 71.3 Å². The van der Waals surface area contributed by atoms with Crippen LogP contribution in [0.25, 0.3) is 0 Å². The molecule has 0 amide bonds. The maximum absolute atomic E-state index is 10.1. The summed E-state index contributed by atoms with van der Waals surface area (Å²) in [6.45, 7) is 6.18. The molecule has 3 nitrogen and oxygen atoms in total. The number of aryl methyl sites for hydroxylation is 1. The Labute approximate surface area is 147 Å². The highest BCUT2D eigenvalue weighted by molar-refractivity contribution is 5.42. The van der Waals surface area contributed by atoms with Crippen molar-refractivity contribution in [3.63, 3.8) is 0 Å². The van der Waals surface area contributed by atoms with Crippen LogP contribution in [-0.2, 0) is 6.42 Å². The second-order valence-corrected chi connectivity index (χ2v) is 6.65. The first kappa shape index (κ1) is 20.6. The molecule has 0 saturated heterocycles. The van der Waals surface area contributed by atoms with Gasteiger partial charge in [0, 0.05) is 0 Å². The molecule has 3 heteroatoms. The monoisotopic (exact) mass is 334 g/mol. The Hall–Kier alpha value is -1.48. The first-order valence-corrected chi connectivity index (χ1v) is 9.07. The highest BCUT2D eigenvalue weighted by atomic mass is 16.5. The third-order valence-corrected chi connectivity index (χ3v) is 4.74. The summed E-state index contributed by atoms with van der Waals surface area (Å²) in [6, 6.07) is 6.11. The van der Waals surface area contributed by atoms with Gasteiger partial charge in [0.1, 0.15) is 0 Å². The van der Waals surface area contributed by atoms with E-state index in [2.05, 4.69) is 25.1 Å². The van der Waals surface area contributed by atoms with Crippen LogP contribution in [0.4, 0.5) is 0 Å². The summed E-state index contributed by atoms with van der Waals surface area (Å²) in [7, 11) is 3.33. The molecule has 1 rings (SSSR count). The SMILES string of the molecule is CCC(=CCCc1ccc(OC)c(OC)c1)CCCC(C)(O)CC. The molecule has 0 aliphatic heterocycles. The van der Waals surface area contributed by atoms with E-state index in [0.29, 0.717) is 0 Å². The van der Waals surface area contributed by atoms with Crippen LogP contribution >= 0.6 is 0 Å². The molecular formula is C21H34O3. The summed E-state index contributed by atoms with van der Waals surface area (Å²) in [5, 5.41) is 10.1. The number of allylic oxidation sites excluding steroid dienone is 2. The predicted octanol–water partition coefficient (Wildman–Crippen LogP) is 5.30. The molecule has 1 unspecified atom stereocenters. The van der Waals surface area contributed by atoms with Crippen LogP contribution in [0, 0.1) is 0 Å². The minimum absolute atomic E-state index is 0.515. The summed E-state index contributed by atoms with van der Waals surface area (Å²) in [5.74, 6) is 1.56. The number of aliphatic hydroxyl groups is 1. The minimum atomic E-state index is -0.515. The highest BCUT2D eigenvalue weighted by Crippen LogP contribution is 2.28. The predicted molar refractivity (Wildman–Crippen MR) is 101 cm³/mol. The molecule has 0 fully saturated rings. The molecular weight excluding hydrogens is 300 g/mol. The maximum atomic E-state index is 10.1. The molecule has 24 heavy (non-hydrogen) atoms. The van der Waals surface area contributed by atoms with Crippen molar-refractivity contribution < 1.29 is 14.6 Å². The Morgan fingerprint density at radius 3 is 2.46 bits per heavy atom. The zero-order valence-corrected chi connectivity index (χ0v) is 16.0. The van der Waals surface area contributed by atoms with Crippen molar-refractivity contribution in [3.05, 3.63) is 35.4 Å². The van der Waals surface area contributed by atoms with Crippen LogP contribution in [-0.4, -0.2) is 24.9 Å². The molecule has 0 aliphatic rings. The van der Waals surface area contributed by atoms with Gasteiger partial charge in [0.2, 0.25) is 0 Å². The Balaban J connectivity index is 2.51. The average molecular weight is 335 g/mol. The quantitative estimate of drug-likeness (QED) is 0.558. The molecule has 1 atom stereocenters. The van der Waals surface area contributed by atoms with Crippen molar-refractivity contribution in [2.24, 2.45) is 0 Å². The van der Waals surface area contributed by atoms with Gasteiger partial charge in [-0.2, -0.15) is 0 Å². The minimum Gasteiger partial charge on any atom is -0.493 e. The van der Waals surface area contributed by atoms with Gasteiger partial charge in [-0.3, -0.25) is 0 Å². The molecule has 136 valence electrons. The van der Waals surface area contributed by atoms with E-state index in [1.54, 1.807) is 14.2 Å². The molecule has 0 aromatic heterocycles. The Morgan fingerprint density at radius 1 is 1.17 bits per heavy atom. The first-order chi connectivity index (χ1) is 11.5. The topological polar surface area (TPSA) is 38.7 Å². The third kappa shape index (κ3) is 6.96. The van der Waals surface area contributed by atoms with Crippen molar-refractivity contribution in [2.75, 3.05) is 14.2 Å². The molecule has 0 bridgehead atoms. The summed E-state index contributed by atoms with van der Waals surface area (Å²) in [4.78, 5) is 0. The first-order valence-electron chi connectivity index (χ1n) is 9.07. The lowest BCUT2D eigenvalue weighted by Crippen LogP contribution is -2.22. The van der Waals surface area contributed by atoms with Crippen LogP contribution < -0.4 is 9.47 Å². The standard InChI is InChI=1S/C21H34O3/c1-6-17(12-9-15-21(3,22)7-2)10-8-11-18-13-14-19(23-4)20(16-18)24-5/h10,13-14,16,22H,6-9,11-12,15H2,1-5H3. The van der Waals surface area contributed by atoms with E-state index in [-0.39, 0.29) is 0 Å². The maximum Gasteiger partial charge on any atom is 0.160 e. The fraction of sp³-hybridized carbons (Fsp3) is 0.619.